The number of hydrogen-bond donors (Lipinski definition) is 2. The Morgan fingerprint density at radius 3 is 2.81 bits per heavy atom. The highest BCUT2D eigenvalue weighted by Crippen LogP contribution is 2.38. The number of aryl methyl sites for hydroxylation is 1. The van der Waals surface area contributed by atoms with Crippen LogP contribution in [0.3, 0.4) is 0 Å². The summed E-state index contributed by atoms with van der Waals surface area (Å²) in [5.41, 5.74) is 5.17. The van der Waals surface area contributed by atoms with E-state index in [1.165, 1.54) is 22.3 Å². The molecule has 4 rings (SSSR count). The van der Waals surface area contributed by atoms with Crippen LogP contribution >= 0.6 is 11.6 Å². The fourth-order valence-electron chi connectivity index (χ4n) is 3.75. The van der Waals surface area contributed by atoms with Crippen LogP contribution in [0.25, 0.3) is 0 Å². The molecule has 0 bridgehead atoms. The third kappa shape index (κ3) is 2.28. The summed E-state index contributed by atoms with van der Waals surface area (Å²) in [6, 6.07) is 14.8. The molecule has 0 saturated heterocycles. The lowest BCUT2D eigenvalue weighted by Gasteiger charge is -2.23. The van der Waals surface area contributed by atoms with E-state index in [1.807, 2.05) is 18.2 Å². The van der Waals surface area contributed by atoms with Crippen molar-refractivity contribution in [3.8, 4) is 0 Å². The fraction of sp³-hybridized carbons (Fsp3) is 0.333. The Morgan fingerprint density at radius 1 is 1.05 bits per heavy atom. The van der Waals surface area contributed by atoms with Crippen molar-refractivity contribution in [2.24, 2.45) is 0 Å². The van der Waals surface area contributed by atoms with Crippen LogP contribution in [0, 0.1) is 0 Å². The smallest absolute Gasteiger partial charge is 0.0775 e. The van der Waals surface area contributed by atoms with Gasteiger partial charge in [-0.05, 0) is 47.2 Å². The molecule has 2 aromatic carbocycles. The van der Waals surface area contributed by atoms with E-state index in [1.54, 1.807) is 0 Å². The predicted molar refractivity (Wildman–Crippen MR) is 84.5 cm³/mol. The van der Waals surface area contributed by atoms with Crippen LogP contribution in [0.15, 0.2) is 42.5 Å². The van der Waals surface area contributed by atoms with Crippen LogP contribution in [0.4, 0.5) is 0 Å². The molecule has 3 unspecified atom stereocenters. The molecule has 0 radical (unpaired) electrons. The molecule has 2 aliphatic carbocycles. The SMILES string of the molecule is OC1Cc2ccccc2C1NC1CCc2cc(Cl)ccc21. The van der Waals surface area contributed by atoms with Crippen molar-refractivity contribution >= 4 is 11.6 Å². The monoisotopic (exact) mass is 299 g/mol. The van der Waals surface area contributed by atoms with E-state index in [-0.39, 0.29) is 12.1 Å². The summed E-state index contributed by atoms with van der Waals surface area (Å²) in [6.45, 7) is 0. The van der Waals surface area contributed by atoms with Gasteiger partial charge in [0.15, 0.2) is 0 Å². The lowest BCUT2D eigenvalue weighted by molar-refractivity contribution is 0.134. The number of aliphatic hydroxyl groups excluding tert-OH is 1. The van der Waals surface area contributed by atoms with Crippen molar-refractivity contribution in [1.29, 1.82) is 0 Å². The van der Waals surface area contributed by atoms with Crippen LogP contribution in [-0.4, -0.2) is 11.2 Å². The van der Waals surface area contributed by atoms with Crippen LogP contribution in [0.2, 0.25) is 5.02 Å². The first-order chi connectivity index (χ1) is 10.2. The number of benzene rings is 2. The lowest BCUT2D eigenvalue weighted by atomic mass is 10.0. The molecule has 21 heavy (non-hydrogen) atoms. The van der Waals surface area contributed by atoms with Crippen LogP contribution in [-0.2, 0) is 12.8 Å². The number of aliphatic hydroxyl groups is 1. The molecule has 2 aliphatic rings. The maximum Gasteiger partial charge on any atom is 0.0775 e. The lowest BCUT2D eigenvalue weighted by Crippen LogP contribution is -2.31. The highest BCUT2D eigenvalue weighted by molar-refractivity contribution is 6.30. The van der Waals surface area contributed by atoms with Gasteiger partial charge in [-0.2, -0.15) is 0 Å². The van der Waals surface area contributed by atoms with Gasteiger partial charge in [-0.3, -0.25) is 0 Å². The summed E-state index contributed by atoms with van der Waals surface area (Å²) >= 11 is 6.07. The van der Waals surface area contributed by atoms with Gasteiger partial charge in [0.2, 0.25) is 0 Å². The first-order valence-corrected chi connectivity index (χ1v) is 7.90. The number of rotatable bonds is 2. The Labute approximate surface area is 129 Å². The Hall–Kier alpha value is -1.35. The summed E-state index contributed by atoms with van der Waals surface area (Å²) in [5.74, 6) is 0. The van der Waals surface area contributed by atoms with Crippen LogP contribution < -0.4 is 5.32 Å². The molecule has 0 aromatic heterocycles. The molecule has 0 fully saturated rings. The maximum absolute atomic E-state index is 10.4. The zero-order chi connectivity index (χ0) is 14.4. The molecular formula is C18H18ClNO. The molecule has 0 heterocycles. The van der Waals surface area contributed by atoms with Crippen molar-refractivity contribution in [1.82, 2.24) is 5.32 Å². The van der Waals surface area contributed by atoms with Crippen molar-refractivity contribution in [3.05, 3.63) is 69.7 Å². The Morgan fingerprint density at radius 2 is 1.90 bits per heavy atom. The maximum atomic E-state index is 10.4. The molecule has 2 nitrogen and oxygen atoms in total. The van der Waals surface area contributed by atoms with E-state index in [2.05, 4.69) is 29.6 Å². The molecule has 0 saturated carbocycles. The van der Waals surface area contributed by atoms with Gasteiger partial charge in [-0.1, -0.05) is 41.9 Å². The topological polar surface area (TPSA) is 32.3 Å². The molecule has 3 atom stereocenters. The second kappa shape index (κ2) is 5.13. The standard InChI is InChI=1S/C18H18ClNO/c19-13-6-7-14-12(9-13)5-8-16(14)20-18-15-4-2-1-3-11(15)10-17(18)21/h1-4,6-7,9,16-18,20-21H,5,8,10H2. The summed E-state index contributed by atoms with van der Waals surface area (Å²) in [7, 11) is 0. The van der Waals surface area contributed by atoms with E-state index in [9.17, 15) is 5.11 Å². The Kier molecular flexibility index (Phi) is 3.26. The minimum absolute atomic E-state index is 0.0350. The minimum Gasteiger partial charge on any atom is -0.391 e. The normalized spacial score (nSPS) is 26.7. The molecule has 2 aromatic rings. The van der Waals surface area contributed by atoms with Gasteiger partial charge < -0.3 is 10.4 Å². The molecule has 0 spiro atoms. The minimum atomic E-state index is -0.334. The van der Waals surface area contributed by atoms with Gasteiger partial charge in [0.1, 0.15) is 0 Å². The molecule has 2 N–H and O–H groups in total. The van der Waals surface area contributed by atoms with Crippen molar-refractivity contribution in [2.45, 2.75) is 37.5 Å². The van der Waals surface area contributed by atoms with Crippen LogP contribution in [0.1, 0.15) is 40.8 Å². The van der Waals surface area contributed by atoms with E-state index in [4.69, 9.17) is 11.6 Å². The number of nitrogens with one attached hydrogen (secondary N) is 1. The van der Waals surface area contributed by atoms with Crippen molar-refractivity contribution in [2.75, 3.05) is 0 Å². The van der Waals surface area contributed by atoms with E-state index in [0.29, 0.717) is 6.04 Å². The summed E-state index contributed by atoms with van der Waals surface area (Å²) in [4.78, 5) is 0. The van der Waals surface area contributed by atoms with Gasteiger partial charge in [-0.25, -0.2) is 0 Å². The first kappa shape index (κ1) is 13.3. The fourth-order valence-corrected chi connectivity index (χ4v) is 3.95. The molecule has 3 heteroatoms. The third-order valence-corrected chi connectivity index (χ3v) is 5.00. The highest BCUT2D eigenvalue weighted by atomic mass is 35.5. The molecule has 0 amide bonds. The van der Waals surface area contributed by atoms with Gasteiger partial charge in [0.05, 0.1) is 12.1 Å². The highest BCUT2D eigenvalue weighted by Gasteiger charge is 2.34. The predicted octanol–water partition coefficient (Wildman–Crippen LogP) is 3.58. The Balaban J connectivity index is 1.61. The number of halogens is 1. The molecule has 0 aliphatic heterocycles. The second-order valence-electron chi connectivity index (χ2n) is 6.05. The average Bonchev–Trinajstić information content (AvgIpc) is 3.01. The summed E-state index contributed by atoms with van der Waals surface area (Å²) < 4.78 is 0. The van der Waals surface area contributed by atoms with Crippen molar-refractivity contribution in [3.63, 3.8) is 0 Å². The van der Waals surface area contributed by atoms with Gasteiger partial charge in [-0.15, -0.1) is 0 Å². The number of fused-ring (bicyclic) bond motifs is 2. The van der Waals surface area contributed by atoms with Gasteiger partial charge >= 0.3 is 0 Å². The van der Waals surface area contributed by atoms with E-state index >= 15 is 0 Å². The summed E-state index contributed by atoms with van der Waals surface area (Å²) in [5, 5.41) is 14.9. The summed E-state index contributed by atoms with van der Waals surface area (Å²) in [6.07, 6.45) is 2.53. The van der Waals surface area contributed by atoms with Gasteiger partial charge in [0.25, 0.3) is 0 Å². The zero-order valence-electron chi connectivity index (χ0n) is 11.7. The number of hydrogen-bond acceptors (Lipinski definition) is 2. The van der Waals surface area contributed by atoms with E-state index < -0.39 is 0 Å². The second-order valence-corrected chi connectivity index (χ2v) is 6.49. The zero-order valence-corrected chi connectivity index (χ0v) is 12.5. The largest absolute Gasteiger partial charge is 0.391 e. The van der Waals surface area contributed by atoms with Crippen LogP contribution in [0.5, 0.6) is 0 Å². The molecular weight excluding hydrogens is 282 g/mol. The third-order valence-electron chi connectivity index (χ3n) is 4.77. The quantitative estimate of drug-likeness (QED) is 0.888. The average molecular weight is 300 g/mol. The van der Waals surface area contributed by atoms with E-state index in [0.717, 1.165) is 24.3 Å². The molecule has 108 valence electrons. The Bertz CT molecular complexity index is 685. The van der Waals surface area contributed by atoms with Crippen molar-refractivity contribution < 1.29 is 5.11 Å². The van der Waals surface area contributed by atoms with Gasteiger partial charge in [0, 0.05) is 17.5 Å². The first-order valence-electron chi connectivity index (χ1n) is 7.52.